The van der Waals surface area contributed by atoms with Crippen LogP contribution in [0.15, 0.2) is 0 Å². The Hall–Kier alpha value is 1.36. The molecule has 0 aliphatic carbocycles. The van der Waals surface area contributed by atoms with E-state index < -0.39 is 0 Å². The van der Waals surface area contributed by atoms with Gasteiger partial charge in [-0.05, 0) is 11.5 Å². The van der Waals surface area contributed by atoms with Gasteiger partial charge in [0.2, 0.25) is 0 Å². The molecule has 0 radical (unpaired) electrons. The number of hydrogen-bond acceptors (Lipinski definition) is 5. The van der Waals surface area contributed by atoms with Crippen LogP contribution in [-0.4, -0.2) is 57.2 Å². The molecule has 0 aromatic rings. The molecule has 0 aliphatic rings. The summed E-state index contributed by atoms with van der Waals surface area (Å²) in [6.45, 7) is 4.38. The Morgan fingerprint density at radius 2 is 1.12 bits per heavy atom. The van der Waals surface area contributed by atoms with Crippen LogP contribution in [0, 0.1) is 0 Å². The fraction of sp³-hybridized carbons (Fsp3) is 1.00. The summed E-state index contributed by atoms with van der Waals surface area (Å²) < 4.78 is 0. The molecule has 0 aromatic carbocycles. The van der Waals surface area contributed by atoms with Crippen molar-refractivity contribution in [3.8, 4) is 0 Å². The normalized spacial score (nSPS) is 11.2. The first kappa shape index (κ1) is 17.4. The molecule has 0 rings (SSSR count). The van der Waals surface area contributed by atoms with Crippen LogP contribution in [0.1, 0.15) is 13.8 Å². The Bertz CT molecular complexity index is 121. The second kappa shape index (κ2) is 14.4. The number of aliphatic hydroxyl groups is 1. The second-order valence-electron chi connectivity index (χ2n) is 3.20. The molecule has 0 saturated carbocycles. The lowest BCUT2D eigenvalue weighted by Crippen LogP contribution is -2.14. The fourth-order valence-corrected chi connectivity index (χ4v) is 4.74. The van der Waals surface area contributed by atoms with Gasteiger partial charge in [-0.3, -0.25) is 0 Å². The van der Waals surface area contributed by atoms with E-state index in [0.717, 1.165) is 11.5 Å². The van der Waals surface area contributed by atoms with Gasteiger partial charge in [-0.25, -0.2) is 0 Å². The van der Waals surface area contributed by atoms with Gasteiger partial charge in [-0.1, -0.05) is 13.8 Å². The van der Waals surface area contributed by atoms with Gasteiger partial charge in [0.1, 0.15) is 0 Å². The summed E-state index contributed by atoms with van der Waals surface area (Å²) in [6, 6.07) is 0. The van der Waals surface area contributed by atoms with Crippen LogP contribution in [0.3, 0.4) is 0 Å². The molecule has 1 nitrogen and oxygen atoms in total. The van der Waals surface area contributed by atoms with Crippen molar-refractivity contribution in [1.29, 1.82) is 0 Å². The molecular weight excluding hydrogens is 276 g/mol. The third-order valence-electron chi connectivity index (χ3n) is 1.77. The van der Waals surface area contributed by atoms with Gasteiger partial charge in [-0.15, -0.1) is 0 Å². The summed E-state index contributed by atoms with van der Waals surface area (Å²) in [5.41, 5.74) is 0. The molecule has 0 spiro atoms. The van der Waals surface area contributed by atoms with Gasteiger partial charge < -0.3 is 5.11 Å². The SMILES string of the molecule is CCSCCSCC(O)CSCCSCC. The molecule has 5 heteroatoms. The van der Waals surface area contributed by atoms with E-state index in [4.69, 9.17) is 0 Å². The standard InChI is InChI=1S/C11H24OS4/c1-3-13-5-7-15-9-11(12)10-16-8-6-14-4-2/h11-12H,3-10H2,1-2H3. The Morgan fingerprint density at radius 3 is 1.50 bits per heavy atom. The average Bonchev–Trinajstić information content (AvgIpc) is 2.28. The van der Waals surface area contributed by atoms with E-state index in [1.54, 1.807) is 0 Å². The maximum Gasteiger partial charge on any atom is 0.0720 e. The van der Waals surface area contributed by atoms with Crippen LogP contribution in [0.4, 0.5) is 0 Å². The van der Waals surface area contributed by atoms with E-state index in [9.17, 15) is 5.11 Å². The van der Waals surface area contributed by atoms with Gasteiger partial charge >= 0.3 is 0 Å². The van der Waals surface area contributed by atoms with Gasteiger partial charge in [0, 0.05) is 34.5 Å². The predicted octanol–water partition coefficient (Wildman–Crippen LogP) is 3.32. The van der Waals surface area contributed by atoms with Crippen molar-refractivity contribution in [2.24, 2.45) is 0 Å². The summed E-state index contributed by atoms with van der Waals surface area (Å²) in [4.78, 5) is 0. The topological polar surface area (TPSA) is 20.2 Å². The van der Waals surface area contributed by atoms with E-state index in [1.165, 1.54) is 34.5 Å². The van der Waals surface area contributed by atoms with E-state index in [2.05, 4.69) is 13.8 Å². The second-order valence-corrected chi connectivity index (χ2v) is 8.28. The summed E-state index contributed by atoms with van der Waals surface area (Å²) >= 11 is 7.71. The molecular formula is C11H24OS4. The van der Waals surface area contributed by atoms with E-state index in [-0.39, 0.29) is 6.10 Å². The Balaban J connectivity index is 3.09. The zero-order valence-electron chi connectivity index (χ0n) is 10.3. The Labute approximate surface area is 118 Å². The number of rotatable bonds is 12. The molecule has 0 unspecified atom stereocenters. The predicted molar refractivity (Wildman–Crippen MR) is 86.7 cm³/mol. The maximum atomic E-state index is 9.71. The molecule has 98 valence electrons. The van der Waals surface area contributed by atoms with E-state index in [0.29, 0.717) is 0 Å². The summed E-state index contributed by atoms with van der Waals surface area (Å²) in [6.07, 6.45) is -0.117. The quantitative estimate of drug-likeness (QED) is 0.556. The molecule has 0 aliphatic heterocycles. The zero-order valence-corrected chi connectivity index (χ0v) is 13.6. The van der Waals surface area contributed by atoms with Crippen molar-refractivity contribution < 1.29 is 5.11 Å². The molecule has 16 heavy (non-hydrogen) atoms. The van der Waals surface area contributed by atoms with Crippen LogP contribution in [-0.2, 0) is 0 Å². The first-order chi connectivity index (χ1) is 7.81. The van der Waals surface area contributed by atoms with Gasteiger partial charge in [0.25, 0.3) is 0 Å². The molecule has 0 heterocycles. The average molecular weight is 301 g/mol. The molecule has 1 N–H and O–H groups in total. The third-order valence-corrected chi connectivity index (χ3v) is 6.32. The Morgan fingerprint density at radius 1 is 0.750 bits per heavy atom. The zero-order chi connectivity index (χ0) is 12.1. The minimum absolute atomic E-state index is 0.117. The van der Waals surface area contributed by atoms with Crippen LogP contribution >= 0.6 is 47.0 Å². The summed E-state index contributed by atoms with van der Waals surface area (Å²) in [7, 11) is 0. The van der Waals surface area contributed by atoms with E-state index in [1.807, 2.05) is 47.0 Å². The van der Waals surface area contributed by atoms with Crippen molar-refractivity contribution >= 4 is 47.0 Å². The highest BCUT2D eigenvalue weighted by atomic mass is 32.2. The van der Waals surface area contributed by atoms with Crippen molar-refractivity contribution in [1.82, 2.24) is 0 Å². The molecule has 0 amide bonds. The van der Waals surface area contributed by atoms with Crippen molar-refractivity contribution in [2.75, 3.05) is 46.0 Å². The third kappa shape index (κ3) is 13.4. The van der Waals surface area contributed by atoms with Crippen molar-refractivity contribution in [2.45, 2.75) is 20.0 Å². The first-order valence-corrected chi connectivity index (χ1v) is 10.4. The number of aliphatic hydroxyl groups excluding tert-OH is 1. The van der Waals surface area contributed by atoms with Crippen LogP contribution < -0.4 is 0 Å². The van der Waals surface area contributed by atoms with E-state index >= 15 is 0 Å². The number of thioether (sulfide) groups is 4. The molecule has 0 atom stereocenters. The van der Waals surface area contributed by atoms with Crippen molar-refractivity contribution in [3.63, 3.8) is 0 Å². The van der Waals surface area contributed by atoms with Crippen LogP contribution in [0.5, 0.6) is 0 Å². The monoisotopic (exact) mass is 300 g/mol. The van der Waals surface area contributed by atoms with Crippen LogP contribution in [0.2, 0.25) is 0 Å². The first-order valence-electron chi connectivity index (χ1n) is 5.80. The fourth-order valence-electron chi connectivity index (χ4n) is 1.01. The van der Waals surface area contributed by atoms with Gasteiger partial charge in [-0.2, -0.15) is 47.0 Å². The number of hydrogen-bond donors (Lipinski definition) is 1. The smallest absolute Gasteiger partial charge is 0.0720 e. The highest BCUT2D eigenvalue weighted by molar-refractivity contribution is 8.03. The lowest BCUT2D eigenvalue weighted by atomic mass is 10.5. The van der Waals surface area contributed by atoms with Crippen LogP contribution in [0.25, 0.3) is 0 Å². The lowest BCUT2D eigenvalue weighted by molar-refractivity contribution is 0.225. The van der Waals surface area contributed by atoms with Gasteiger partial charge in [0.05, 0.1) is 6.10 Å². The molecule has 0 fully saturated rings. The molecule has 0 bridgehead atoms. The van der Waals surface area contributed by atoms with Gasteiger partial charge in [0.15, 0.2) is 0 Å². The van der Waals surface area contributed by atoms with Crippen molar-refractivity contribution in [3.05, 3.63) is 0 Å². The summed E-state index contributed by atoms with van der Waals surface area (Å²) in [5.74, 6) is 8.98. The maximum absolute atomic E-state index is 9.71. The minimum atomic E-state index is -0.117. The lowest BCUT2D eigenvalue weighted by Gasteiger charge is -2.09. The Kier molecular flexibility index (Phi) is 15.6. The molecule has 0 saturated heterocycles. The minimum Gasteiger partial charge on any atom is -0.391 e. The summed E-state index contributed by atoms with van der Waals surface area (Å²) in [5, 5.41) is 9.71. The largest absolute Gasteiger partial charge is 0.391 e. The highest BCUT2D eigenvalue weighted by Crippen LogP contribution is 2.12. The molecule has 0 aromatic heterocycles. The highest BCUT2D eigenvalue weighted by Gasteiger charge is 2.03.